The third-order valence-electron chi connectivity index (χ3n) is 4.32. The molecule has 0 saturated heterocycles. The molecule has 0 aliphatic carbocycles. The van der Waals surface area contributed by atoms with Crippen LogP contribution in [-0.4, -0.2) is 24.4 Å². The van der Waals surface area contributed by atoms with Crippen molar-refractivity contribution in [2.45, 2.75) is 46.3 Å². The van der Waals surface area contributed by atoms with Crippen molar-refractivity contribution in [3.63, 3.8) is 0 Å². The standard InChI is InChI=1S/C21H29NO2.ClH/c1-5-20(18-11-9-15(2)10-12-18)22-13-19(23)14-24-21-16(3)7-6-8-17(21)4;/h6-12,19-20,22-23H,5,13-14H2,1-4H3;1H. The first-order valence-electron chi connectivity index (χ1n) is 8.68. The van der Waals surface area contributed by atoms with Crippen LogP contribution in [0.5, 0.6) is 5.75 Å². The summed E-state index contributed by atoms with van der Waals surface area (Å²) in [6, 6.07) is 14.9. The fourth-order valence-corrected chi connectivity index (χ4v) is 2.84. The number of rotatable bonds is 8. The van der Waals surface area contributed by atoms with Crippen LogP contribution in [0.25, 0.3) is 0 Å². The summed E-state index contributed by atoms with van der Waals surface area (Å²) in [4.78, 5) is 0. The Morgan fingerprint density at radius 1 is 1.00 bits per heavy atom. The van der Waals surface area contributed by atoms with Crippen LogP contribution in [0.15, 0.2) is 42.5 Å². The van der Waals surface area contributed by atoms with Crippen LogP contribution in [0.3, 0.4) is 0 Å². The molecule has 0 heterocycles. The Bertz CT molecular complexity index is 623. The number of benzene rings is 2. The molecule has 3 nitrogen and oxygen atoms in total. The number of hydrogen-bond acceptors (Lipinski definition) is 3. The summed E-state index contributed by atoms with van der Waals surface area (Å²) < 4.78 is 5.83. The summed E-state index contributed by atoms with van der Waals surface area (Å²) in [7, 11) is 0. The van der Waals surface area contributed by atoms with E-state index in [9.17, 15) is 5.11 Å². The molecule has 0 bridgehead atoms. The molecule has 2 unspecified atom stereocenters. The molecule has 0 aliphatic heterocycles. The number of nitrogens with one attached hydrogen (secondary N) is 1. The van der Waals surface area contributed by atoms with Crippen molar-refractivity contribution in [3.05, 3.63) is 64.7 Å². The molecule has 4 heteroatoms. The highest BCUT2D eigenvalue weighted by Crippen LogP contribution is 2.22. The third-order valence-corrected chi connectivity index (χ3v) is 4.32. The Balaban J connectivity index is 0.00000312. The Morgan fingerprint density at radius 3 is 2.16 bits per heavy atom. The van der Waals surface area contributed by atoms with E-state index < -0.39 is 6.10 Å². The first-order chi connectivity index (χ1) is 11.5. The van der Waals surface area contributed by atoms with Gasteiger partial charge in [0.25, 0.3) is 0 Å². The minimum absolute atomic E-state index is 0. The van der Waals surface area contributed by atoms with E-state index >= 15 is 0 Å². The van der Waals surface area contributed by atoms with E-state index in [2.05, 4.69) is 43.4 Å². The maximum atomic E-state index is 10.2. The number of para-hydroxylation sites is 1. The van der Waals surface area contributed by atoms with E-state index in [1.54, 1.807) is 0 Å². The van der Waals surface area contributed by atoms with E-state index in [-0.39, 0.29) is 18.4 Å². The summed E-state index contributed by atoms with van der Waals surface area (Å²) in [5, 5.41) is 13.7. The highest BCUT2D eigenvalue weighted by Gasteiger charge is 2.13. The zero-order chi connectivity index (χ0) is 17.5. The van der Waals surface area contributed by atoms with Crippen molar-refractivity contribution < 1.29 is 9.84 Å². The van der Waals surface area contributed by atoms with E-state index in [1.807, 2.05) is 32.0 Å². The van der Waals surface area contributed by atoms with Gasteiger partial charge in [0, 0.05) is 12.6 Å². The van der Waals surface area contributed by atoms with E-state index in [0.717, 1.165) is 23.3 Å². The molecule has 2 aromatic rings. The second kappa shape index (κ2) is 10.4. The first-order valence-corrected chi connectivity index (χ1v) is 8.68. The topological polar surface area (TPSA) is 41.5 Å². The van der Waals surface area contributed by atoms with Gasteiger partial charge < -0.3 is 15.2 Å². The number of ether oxygens (including phenoxy) is 1. The fourth-order valence-electron chi connectivity index (χ4n) is 2.84. The Morgan fingerprint density at radius 2 is 1.60 bits per heavy atom. The third kappa shape index (κ3) is 6.35. The molecule has 0 aromatic heterocycles. The van der Waals surface area contributed by atoms with E-state index in [1.165, 1.54) is 11.1 Å². The molecule has 2 N–H and O–H groups in total. The number of aliphatic hydroxyl groups excluding tert-OH is 1. The predicted molar refractivity (Wildman–Crippen MR) is 107 cm³/mol. The lowest BCUT2D eigenvalue weighted by atomic mass is 10.0. The van der Waals surface area contributed by atoms with Crippen LogP contribution in [-0.2, 0) is 0 Å². The van der Waals surface area contributed by atoms with Crippen LogP contribution in [0.2, 0.25) is 0 Å². The number of hydrogen-bond donors (Lipinski definition) is 2. The largest absolute Gasteiger partial charge is 0.490 e. The molecule has 2 aromatic carbocycles. The van der Waals surface area contributed by atoms with Crippen molar-refractivity contribution >= 4 is 12.4 Å². The van der Waals surface area contributed by atoms with Crippen LogP contribution < -0.4 is 10.1 Å². The molecule has 2 rings (SSSR count). The monoisotopic (exact) mass is 363 g/mol. The summed E-state index contributed by atoms with van der Waals surface area (Å²) in [5.41, 5.74) is 4.71. The Kier molecular flexibility index (Phi) is 8.98. The van der Waals surface area contributed by atoms with Gasteiger partial charge in [-0.2, -0.15) is 0 Å². The van der Waals surface area contributed by atoms with Crippen molar-refractivity contribution in [3.8, 4) is 5.75 Å². The quantitative estimate of drug-likeness (QED) is 0.724. The first kappa shape index (κ1) is 21.5. The second-order valence-corrected chi connectivity index (χ2v) is 6.47. The van der Waals surface area contributed by atoms with Gasteiger partial charge in [0.1, 0.15) is 18.5 Å². The van der Waals surface area contributed by atoms with Gasteiger partial charge in [0.15, 0.2) is 0 Å². The average Bonchev–Trinajstić information content (AvgIpc) is 2.56. The van der Waals surface area contributed by atoms with Gasteiger partial charge in [-0.05, 0) is 43.9 Å². The van der Waals surface area contributed by atoms with Crippen LogP contribution >= 0.6 is 12.4 Å². The van der Waals surface area contributed by atoms with Crippen LogP contribution in [0, 0.1) is 20.8 Å². The molecule has 0 fully saturated rings. The van der Waals surface area contributed by atoms with Crippen molar-refractivity contribution in [1.82, 2.24) is 5.32 Å². The Hall–Kier alpha value is -1.55. The lowest BCUT2D eigenvalue weighted by molar-refractivity contribution is 0.103. The minimum Gasteiger partial charge on any atom is -0.490 e. The predicted octanol–water partition coefficient (Wildman–Crippen LogP) is 4.51. The van der Waals surface area contributed by atoms with Gasteiger partial charge >= 0.3 is 0 Å². The molecular formula is C21H30ClNO2. The fraction of sp³-hybridized carbons (Fsp3) is 0.429. The zero-order valence-electron chi connectivity index (χ0n) is 15.6. The summed E-state index contributed by atoms with van der Waals surface area (Å²) in [5.74, 6) is 0.877. The highest BCUT2D eigenvalue weighted by atomic mass is 35.5. The molecular weight excluding hydrogens is 334 g/mol. The van der Waals surface area contributed by atoms with Crippen molar-refractivity contribution in [2.75, 3.05) is 13.2 Å². The zero-order valence-corrected chi connectivity index (χ0v) is 16.4. The molecule has 0 spiro atoms. The normalized spacial score (nSPS) is 13.0. The van der Waals surface area contributed by atoms with Gasteiger partial charge in [-0.25, -0.2) is 0 Å². The van der Waals surface area contributed by atoms with E-state index in [0.29, 0.717) is 13.2 Å². The van der Waals surface area contributed by atoms with Gasteiger partial charge in [0.05, 0.1) is 0 Å². The van der Waals surface area contributed by atoms with Gasteiger partial charge in [-0.15, -0.1) is 12.4 Å². The summed E-state index contributed by atoms with van der Waals surface area (Å²) in [6.45, 7) is 9.10. The second-order valence-electron chi connectivity index (χ2n) is 6.47. The lowest BCUT2D eigenvalue weighted by Gasteiger charge is -2.21. The van der Waals surface area contributed by atoms with E-state index in [4.69, 9.17) is 4.74 Å². The number of aliphatic hydroxyl groups is 1. The van der Waals surface area contributed by atoms with Gasteiger partial charge in [0.2, 0.25) is 0 Å². The molecule has 138 valence electrons. The highest BCUT2D eigenvalue weighted by molar-refractivity contribution is 5.85. The van der Waals surface area contributed by atoms with Gasteiger partial charge in [-0.3, -0.25) is 0 Å². The van der Waals surface area contributed by atoms with Crippen molar-refractivity contribution in [1.29, 1.82) is 0 Å². The summed E-state index contributed by atoms with van der Waals surface area (Å²) >= 11 is 0. The number of aryl methyl sites for hydroxylation is 3. The number of halogens is 1. The SMILES string of the molecule is CCC(NCC(O)COc1c(C)cccc1C)c1ccc(C)cc1.Cl. The smallest absolute Gasteiger partial charge is 0.125 e. The van der Waals surface area contributed by atoms with Crippen LogP contribution in [0.1, 0.15) is 41.6 Å². The lowest BCUT2D eigenvalue weighted by Crippen LogP contribution is -2.34. The maximum absolute atomic E-state index is 10.2. The molecule has 0 amide bonds. The molecule has 2 atom stereocenters. The minimum atomic E-state index is -0.538. The van der Waals surface area contributed by atoms with Gasteiger partial charge in [-0.1, -0.05) is 55.0 Å². The molecule has 25 heavy (non-hydrogen) atoms. The van der Waals surface area contributed by atoms with Crippen LogP contribution in [0.4, 0.5) is 0 Å². The summed E-state index contributed by atoms with van der Waals surface area (Å²) in [6.07, 6.45) is 0.441. The Labute approximate surface area is 157 Å². The molecule has 0 radical (unpaired) electrons. The average molecular weight is 364 g/mol. The van der Waals surface area contributed by atoms with Crippen molar-refractivity contribution in [2.24, 2.45) is 0 Å². The molecule has 0 saturated carbocycles. The molecule has 0 aliphatic rings. The maximum Gasteiger partial charge on any atom is 0.125 e.